The molecule has 0 unspecified atom stereocenters. The van der Waals surface area contributed by atoms with Crippen molar-refractivity contribution in [2.75, 3.05) is 0 Å². The van der Waals surface area contributed by atoms with Gasteiger partial charge in [-0.1, -0.05) is 18.2 Å². The van der Waals surface area contributed by atoms with E-state index < -0.39 is 29.9 Å². The van der Waals surface area contributed by atoms with Crippen LogP contribution in [0.3, 0.4) is 0 Å². The number of hydrogen-bond acceptors (Lipinski definition) is 5. The van der Waals surface area contributed by atoms with Crippen LogP contribution in [-0.4, -0.2) is 40.1 Å². The van der Waals surface area contributed by atoms with E-state index in [0.717, 1.165) is 0 Å². The van der Waals surface area contributed by atoms with Crippen LogP contribution in [0.5, 0.6) is 5.75 Å². The van der Waals surface area contributed by atoms with Crippen LogP contribution in [0.4, 0.5) is 0 Å². The summed E-state index contributed by atoms with van der Waals surface area (Å²) in [6.07, 6.45) is -0.0232. The summed E-state index contributed by atoms with van der Waals surface area (Å²) >= 11 is 0. The molecule has 0 radical (unpaired) electrons. The minimum Gasteiger partial charge on any atom is -0.480 e. The molecule has 1 atom stereocenters. The van der Waals surface area contributed by atoms with Gasteiger partial charge in [0.05, 0.1) is 5.56 Å². The molecule has 0 heterocycles. The lowest BCUT2D eigenvalue weighted by Crippen LogP contribution is -2.42. The van der Waals surface area contributed by atoms with E-state index in [9.17, 15) is 24.3 Å². The fourth-order valence-electron chi connectivity index (χ4n) is 2.33. The van der Waals surface area contributed by atoms with Gasteiger partial charge in [-0.25, -0.2) is 9.59 Å². The Morgan fingerprint density at radius 1 is 1.00 bits per heavy atom. The molecule has 2 rings (SSSR count). The van der Waals surface area contributed by atoms with Crippen molar-refractivity contribution >= 4 is 23.8 Å². The monoisotopic (exact) mass is 371 g/mol. The van der Waals surface area contributed by atoms with Gasteiger partial charge in [-0.05, 0) is 35.9 Å². The fraction of sp³-hybridized carbons (Fsp3) is 0.158. The summed E-state index contributed by atoms with van der Waals surface area (Å²) in [5, 5.41) is 20.7. The number of carbonyl (C=O) groups excluding carboxylic acids is 2. The smallest absolute Gasteiger partial charge is 0.335 e. The number of nitrogens with one attached hydrogen (secondary N) is 1. The van der Waals surface area contributed by atoms with Gasteiger partial charge >= 0.3 is 17.9 Å². The summed E-state index contributed by atoms with van der Waals surface area (Å²) in [5.41, 5.74) is 0.777. The second kappa shape index (κ2) is 8.61. The third kappa shape index (κ3) is 5.67. The van der Waals surface area contributed by atoms with Crippen LogP contribution >= 0.6 is 0 Å². The lowest BCUT2D eigenvalue weighted by atomic mass is 10.0. The third-order valence-corrected chi connectivity index (χ3v) is 3.60. The highest BCUT2D eigenvalue weighted by atomic mass is 16.5. The molecule has 0 spiro atoms. The summed E-state index contributed by atoms with van der Waals surface area (Å²) < 4.78 is 4.90. The number of carbonyl (C=O) groups is 4. The van der Waals surface area contributed by atoms with Gasteiger partial charge in [0, 0.05) is 18.9 Å². The minimum atomic E-state index is -1.23. The van der Waals surface area contributed by atoms with E-state index in [2.05, 4.69) is 5.32 Å². The van der Waals surface area contributed by atoms with E-state index in [4.69, 9.17) is 9.84 Å². The van der Waals surface area contributed by atoms with Crippen LogP contribution in [0.2, 0.25) is 0 Å². The standard InChI is InChI=1S/C19H17NO7/c1-11(21)27-15-4-2-3-14(10-15)17(22)20-16(19(25)26)9-12-5-7-13(8-6-12)18(23)24/h2-8,10,16H,9H2,1H3,(H,20,22)(H,23,24)(H,25,26)/t16-/m1/s1. The number of amides is 1. The van der Waals surface area contributed by atoms with Gasteiger partial charge in [0.15, 0.2) is 0 Å². The van der Waals surface area contributed by atoms with Crippen LogP contribution < -0.4 is 10.1 Å². The van der Waals surface area contributed by atoms with Crippen molar-refractivity contribution in [1.82, 2.24) is 5.32 Å². The molecule has 8 heteroatoms. The Hall–Kier alpha value is -3.68. The van der Waals surface area contributed by atoms with Crippen LogP contribution in [-0.2, 0) is 16.0 Å². The van der Waals surface area contributed by atoms with E-state index in [-0.39, 0.29) is 23.3 Å². The average Bonchev–Trinajstić information content (AvgIpc) is 2.61. The summed E-state index contributed by atoms with van der Waals surface area (Å²) in [5.74, 6) is -3.33. The molecule has 1 amide bonds. The number of rotatable bonds is 7. The maximum atomic E-state index is 12.3. The zero-order chi connectivity index (χ0) is 20.0. The molecule has 8 nitrogen and oxygen atoms in total. The highest BCUT2D eigenvalue weighted by molar-refractivity contribution is 5.97. The largest absolute Gasteiger partial charge is 0.480 e. The molecule has 2 aromatic rings. The topological polar surface area (TPSA) is 130 Å². The lowest BCUT2D eigenvalue weighted by molar-refractivity contribution is -0.139. The van der Waals surface area contributed by atoms with Crippen LogP contribution in [0, 0.1) is 0 Å². The molecule has 140 valence electrons. The van der Waals surface area contributed by atoms with E-state index in [1.807, 2.05) is 0 Å². The van der Waals surface area contributed by atoms with Crippen molar-refractivity contribution < 1.29 is 34.1 Å². The number of hydrogen-bond donors (Lipinski definition) is 3. The predicted molar refractivity (Wildman–Crippen MR) is 93.7 cm³/mol. The Kier molecular flexibility index (Phi) is 6.27. The van der Waals surface area contributed by atoms with Gasteiger partial charge in [-0.15, -0.1) is 0 Å². The maximum Gasteiger partial charge on any atom is 0.335 e. The Bertz CT molecular complexity index is 874. The number of benzene rings is 2. The first kappa shape index (κ1) is 19.6. The molecule has 0 aromatic heterocycles. The summed E-state index contributed by atoms with van der Waals surface area (Å²) in [6.45, 7) is 1.23. The van der Waals surface area contributed by atoms with Gasteiger partial charge in [-0.3, -0.25) is 9.59 Å². The van der Waals surface area contributed by atoms with E-state index >= 15 is 0 Å². The van der Waals surface area contributed by atoms with Gasteiger partial charge < -0.3 is 20.3 Å². The Morgan fingerprint density at radius 2 is 1.67 bits per heavy atom. The summed E-state index contributed by atoms with van der Waals surface area (Å²) in [7, 11) is 0. The van der Waals surface area contributed by atoms with Crippen molar-refractivity contribution in [3.05, 3.63) is 65.2 Å². The molecular formula is C19H17NO7. The molecule has 0 aliphatic carbocycles. The Labute approximate surface area is 154 Å². The van der Waals surface area contributed by atoms with Crippen LogP contribution in [0.25, 0.3) is 0 Å². The first-order chi connectivity index (χ1) is 12.8. The average molecular weight is 371 g/mol. The predicted octanol–water partition coefficient (Wildman–Crippen LogP) is 1.74. The van der Waals surface area contributed by atoms with E-state index in [0.29, 0.717) is 5.56 Å². The van der Waals surface area contributed by atoms with Gasteiger partial charge in [0.25, 0.3) is 5.91 Å². The molecule has 0 fully saturated rings. The normalized spacial score (nSPS) is 11.3. The number of esters is 1. The Morgan fingerprint density at radius 3 is 2.22 bits per heavy atom. The van der Waals surface area contributed by atoms with Crippen molar-refractivity contribution in [3.63, 3.8) is 0 Å². The summed E-state index contributed by atoms with van der Waals surface area (Å²) in [4.78, 5) is 45.7. The molecule has 0 bridgehead atoms. The number of ether oxygens (including phenoxy) is 1. The van der Waals surface area contributed by atoms with Gasteiger partial charge in [0.2, 0.25) is 0 Å². The van der Waals surface area contributed by atoms with Crippen molar-refractivity contribution in [2.24, 2.45) is 0 Å². The Balaban J connectivity index is 2.11. The van der Waals surface area contributed by atoms with E-state index in [1.165, 1.54) is 55.5 Å². The first-order valence-electron chi connectivity index (χ1n) is 7.90. The minimum absolute atomic E-state index is 0.0232. The summed E-state index contributed by atoms with van der Waals surface area (Å²) in [6, 6.07) is 10.3. The second-order valence-corrected chi connectivity index (χ2v) is 5.69. The van der Waals surface area contributed by atoms with Crippen LogP contribution in [0.15, 0.2) is 48.5 Å². The highest BCUT2D eigenvalue weighted by Gasteiger charge is 2.21. The number of aromatic carboxylic acids is 1. The van der Waals surface area contributed by atoms with E-state index in [1.54, 1.807) is 0 Å². The molecular weight excluding hydrogens is 354 g/mol. The molecule has 3 N–H and O–H groups in total. The van der Waals surface area contributed by atoms with Gasteiger partial charge in [-0.2, -0.15) is 0 Å². The fourth-order valence-corrected chi connectivity index (χ4v) is 2.33. The molecule has 0 saturated heterocycles. The lowest BCUT2D eigenvalue weighted by Gasteiger charge is -2.15. The third-order valence-electron chi connectivity index (χ3n) is 3.60. The van der Waals surface area contributed by atoms with Crippen LogP contribution in [0.1, 0.15) is 33.2 Å². The molecule has 27 heavy (non-hydrogen) atoms. The van der Waals surface area contributed by atoms with Crippen molar-refractivity contribution in [2.45, 2.75) is 19.4 Å². The molecule has 0 aliphatic heterocycles. The first-order valence-corrected chi connectivity index (χ1v) is 7.90. The van der Waals surface area contributed by atoms with Crippen molar-refractivity contribution in [1.29, 1.82) is 0 Å². The quantitative estimate of drug-likeness (QED) is 0.499. The van der Waals surface area contributed by atoms with Gasteiger partial charge in [0.1, 0.15) is 11.8 Å². The SMILES string of the molecule is CC(=O)Oc1cccc(C(=O)N[C@H](Cc2ccc(C(=O)O)cc2)C(=O)O)c1. The van der Waals surface area contributed by atoms with Crippen molar-refractivity contribution in [3.8, 4) is 5.75 Å². The molecule has 2 aromatic carbocycles. The zero-order valence-electron chi connectivity index (χ0n) is 14.3. The number of aliphatic carboxylic acids is 1. The molecule has 0 saturated carbocycles. The molecule has 0 aliphatic rings. The second-order valence-electron chi connectivity index (χ2n) is 5.69. The number of carboxylic acid groups (broad SMARTS) is 2. The zero-order valence-corrected chi connectivity index (χ0v) is 14.3. The maximum absolute atomic E-state index is 12.3. The number of carboxylic acids is 2. The highest BCUT2D eigenvalue weighted by Crippen LogP contribution is 2.14.